The Hall–Kier alpha value is -2.48. The topological polar surface area (TPSA) is 119 Å². The average Bonchev–Trinajstić information content (AvgIpc) is 2.36. The molecule has 1 amide bonds. The number of hydrogen-bond acceptors (Lipinski definition) is 5. The molecule has 0 heterocycles. The zero-order valence-electron chi connectivity index (χ0n) is 12.6. The maximum atomic E-state index is 12.3. The molecule has 1 aromatic carbocycles. The number of non-ortho nitro benzene ring substituents is 1. The zero-order chi connectivity index (χ0) is 16.9. The van der Waals surface area contributed by atoms with Crippen molar-refractivity contribution in [3.63, 3.8) is 0 Å². The van der Waals surface area contributed by atoms with E-state index in [2.05, 4.69) is 5.32 Å². The molecule has 0 radical (unpaired) electrons. The van der Waals surface area contributed by atoms with Gasteiger partial charge < -0.3 is 15.2 Å². The van der Waals surface area contributed by atoms with Crippen molar-refractivity contribution in [2.24, 2.45) is 0 Å². The zero-order valence-corrected chi connectivity index (χ0v) is 12.6. The predicted molar refractivity (Wildman–Crippen MR) is 77.8 cm³/mol. The molecule has 1 rings (SSSR count). The van der Waals surface area contributed by atoms with Crippen LogP contribution in [0.5, 0.6) is 0 Å². The molecule has 0 spiro atoms. The van der Waals surface area contributed by atoms with E-state index in [1.165, 1.54) is 25.3 Å². The summed E-state index contributed by atoms with van der Waals surface area (Å²) in [6, 6.07) is 3.86. The highest BCUT2D eigenvalue weighted by Gasteiger charge is 2.30. The van der Waals surface area contributed by atoms with E-state index in [0.717, 1.165) is 0 Å². The number of nitrogens with zero attached hydrogens (tertiary/aromatic N) is 1. The van der Waals surface area contributed by atoms with Crippen LogP contribution >= 0.6 is 0 Å². The van der Waals surface area contributed by atoms with Crippen molar-refractivity contribution in [3.8, 4) is 0 Å². The summed E-state index contributed by atoms with van der Waals surface area (Å²) in [5.74, 6) is -1.58. The van der Waals surface area contributed by atoms with Crippen LogP contribution in [0.3, 0.4) is 0 Å². The molecule has 8 heteroatoms. The number of rotatable bonds is 7. The molecule has 0 aliphatic rings. The van der Waals surface area contributed by atoms with Gasteiger partial charge in [-0.05, 0) is 25.5 Å². The molecule has 0 fully saturated rings. The number of carbonyl (C=O) groups excluding carboxylic acids is 1. The predicted octanol–water partition coefficient (Wildman–Crippen LogP) is 1.51. The fourth-order valence-corrected chi connectivity index (χ4v) is 2.14. The number of nitro groups is 1. The van der Waals surface area contributed by atoms with E-state index in [1.54, 1.807) is 13.8 Å². The van der Waals surface area contributed by atoms with E-state index in [1.807, 2.05) is 0 Å². The van der Waals surface area contributed by atoms with Crippen LogP contribution in [0.2, 0.25) is 0 Å². The monoisotopic (exact) mass is 310 g/mol. The summed E-state index contributed by atoms with van der Waals surface area (Å²) in [5.41, 5.74) is -0.509. The van der Waals surface area contributed by atoms with Crippen molar-refractivity contribution >= 4 is 17.6 Å². The van der Waals surface area contributed by atoms with Crippen LogP contribution in [0.25, 0.3) is 0 Å². The van der Waals surface area contributed by atoms with Crippen molar-refractivity contribution in [2.75, 3.05) is 13.7 Å². The van der Waals surface area contributed by atoms with Gasteiger partial charge in [-0.25, -0.2) is 0 Å². The number of amides is 1. The third-order valence-electron chi connectivity index (χ3n) is 3.09. The molecule has 1 aromatic rings. The summed E-state index contributed by atoms with van der Waals surface area (Å²) >= 11 is 0. The maximum Gasteiger partial charge on any atom is 0.305 e. The first-order valence-corrected chi connectivity index (χ1v) is 6.47. The Kier molecular flexibility index (Phi) is 5.58. The number of methoxy groups -OCH3 is 1. The van der Waals surface area contributed by atoms with Gasteiger partial charge in [0, 0.05) is 24.8 Å². The fraction of sp³-hybridized carbons (Fsp3) is 0.429. The fourth-order valence-electron chi connectivity index (χ4n) is 2.14. The minimum absolute atomic E-state index is 0.0249. The molecule has 8 nitrogen and oxygen atoms in total. The summed E-state index contributed by atoms with van der Waals surface area (Å²) in [6.07, 6.45) is -0.307. The summed E-state index contributed by atoms with van der Waals surface area (Å²) in [4.78, 5) is 33.3. The second-order valence-electron chi connectivity index (χ2n) is 5.27. The van der Waals surface area contributed by atoms with Crippen molar-refractivity contribution in [1.29, 1.82) is 0 Å². The lowest BCUT2D eigenvalue weighted by Gasteiger charge is -2.28. The second-order valence-corrected chi connectivity index (χ2v) is 5.27. The Bertz CT molecular complexity index is 601. The first kappa shape index (κ1) is 17.6. The molecule has 22 heavy (non-hydrogen) atoms. The van der Waals surface area contributed by atoms with E-state index in [4.69, 9.17) is 9.84 Å². The summed E-state index contributed by atoms with van der Waals surface area (Å²) in [6.45, 7) is 3.16. The molecule has 0 aliphatic carbocycles. The lowest BCUT2D eigenvalue weighted by Crippen LogP contribution is -2.50. The average molecular weight is 310 g/mol. The minimum Gasteiger partial charge on any atom is -0.481 e. The highest BCUT2D eigenvalue weighted by molar-refractivity contribution is 5.96. The number of aliphatic carboxylic acids is 1. The Balaban J connectivity index is 2.99. The van der Waals surface area contributed by atoms with Gasteiger partial charge in [0.25, 0.3) is 11.6 Å². The van der Waals surface area contributed by atoms with Crippen molar-refractivity contribution < 1.29 is 24.4 Å². The third-order valence-corrected chi connectivity index (χ3v) is 3.09. The number of carboxylic acids is 1. The molecule has 0 saturated heterocycles. The van der Waals surface area contributed by atoms with Crippen LogP contribution in [0.4, 0.5) is 5.69 Å². The number of aryl methyl sites for hydroxylation is 1. The molecule has 0 bridgehead atoms. The molecule has 120 valence electrons. The molecule has 1 atom stereocenters. The number of hydrogen-bond donors (Lipinski definition) is 2. The van der Waals surface area contributed by atoms with Gasteiger partial charge in [-0.1, -0.05) is 0 Å². The normalized spacial score (nSPS) is 13.2. The lowest BCUT2D eigenvalue weighted by molar-refractivity contribution is -0.384. The first-order chi connectivity index (χ1) is 10.2. The van der Waals surface area contributed by atoms with Gasteiger partial charge in [0.1, 0.15) is 0 Å². The second kappa shape index (κ2) is 6.99. The van der Waals surface area contributed by atoms with Crippen molar-refractivity contribution in [2.45, 2.75) is 25.8 Å². The van der Waals surface area contributed by atoms with E-state index < -0.39 is 22.3 Å². The lowest BCUT2D eigenvalue weighted by atomic mass is 9.97. The summed E-state index contributed by atoms with van der Waals surface area (Å²) < 4.78 is 4.96. The molecule has 0 saturated carbocycles. The van der Waals surface area contributed by atoms with Gasteiger partial charge >= 0.3 is 5.97 Å². The van der Waals surface area contributed by atoms with E-state index in [9.17, 15) is 19.7 Å². The van der Waals surface area contributed by atoms with E-state index in [-0.39, 0.29) is 24.3 Å². The van der Waals surface area contributed by atoms with Crippen molar-refractivity contribution in [1.82, 2.24) is 5.32 Å². The Morgan fingerprint density at radius 3 is 2.55 bits per heavy atom. The largest absolute Gasteiger partial charge is 0.481 e. The van der Waals surface area contributed by atoms with Gasteiger partial charge in [0.15, 0.2) is 0 Å². The van der Waals surface area contributed by atoms with Gasteiger partial charge in [-0.15, -0.1) is 0 Å². The van der Waals surface area contributed by atoms with Crippen LogP contribution < -0.4 is 5.32 Å². The van der Waals surface area contributed by atoms with Crippen LogP contribution in [0, 0.1) is 17.0 Å². The molecule has 1 unspecified atom stereocenters. The number of ether oxygens (including phenoxy) is 1. The van der Waals surface area contributed by atoms with Gasteiger partial charge in [0.2, 0.25) is 0 Å². The maximum absolute atomic E-state index is 12.3. The van der Waals surface area contributed by atoms with Crippen LogP contribution in [0.1, 0.15) is 29.3 Å². The number of carbonyl (C=O) groups is 2. The number of nitrogens with one attached hydrogen (secondary N) is 1. The molecule has 0 aliphatic heterocycles. The first-order valence-electron chi connectivity index (χ1n) is 6.47. The van der Waals surface area contributed by atoms with E-state index in [0.29, 0.717) is 5.56 Å². The highest BCUT2D eigenvalue weighted by Crippen LogP contribution is 2.19. The minimum atomic E-state index is -1.08. The number of nitro benzene ring substituents is 1. The summed E-state index contributed by atoms with van der Waals surface area (Å²) in [5, 5.41) is 22.2. The van der Waals surface area contributed by atoms with Gasteiger partial charge in [0.05, 0.1) is 23.5 Å². The molecule has 2 N–H and O–H groups in total. The van der Waals surface area contributed by atoms with Crippen LogP contribution in [-0.4, -0.2) is 41.2 Å². The third kappa shape index (κ3) is 4.52. The van der Waals surface area contributed by atoms with Gasteiger partial charge in [-0.2, -0.15) is 0 Å². The molecule has 0 aromatic heterocycles. The number of benzene rings is 1. The standard InChI is InChI=1S/C14H18N2O6/c1-9-6-10(16(20)21)4-5-11(9)13(19)15-14(2,8-22-3)7-12(17)18/h4-6H,7-8H2,1-3H3,(H,15,19)(H,17,18). The van der Waals surface area contributed by atoms with Crippen molar-refractivity contribution in [3.05, 3.63) is 39.4 Å². The Morgan fingerprint density at radius 2 is 2.09 bits per heavy atom. The van der Waals surface area contributed by atoms with Crippen LogP contribution in [-0.2, 0) is 9.53 Å². The molecular weight excluding hydrogens is 292 g/mol. The van der Waals surface area contributed by atoms with Crippen LogP contribution in [0.15, 0.2) is 18.2 Å². The quantitative estimate of drug-likeness (QED) is 0.582. The van der Waals surface area contributed by atoms with E-state index >= 15 is 0 Å². The smallest absolute Gasteiger partial charge is 0.305 e. The van der Waals surface area contributed by atoms with Gasteiger partial charge in [-0.3, -0.25) is 19.7 Å². The SMILES string of the molecule is COCC(C)(CC(=O)O)NC(=O)c1ccc([N+](=O)[O-])cc1C. The Labute approximate surface area is 127 Å². The highest BCUT2D eigenvalue weighted by atomic mass is 16.6. The Morgan fingerprint density at radius 1 is 1.45 bits per heavy atom. The summed E-state index contributed by atoms with van der Waals surface area (Å²) in [7, 11) is 1.41. The number of carboxylic acid groups (broad SMARTS) is 1. The molecular formula is C14H18N2O6.